The summed E-state index contributed by atoms with van der Waals surface area (Å²) in [5.41, 5.74) is -0.00929. The highest BCUT2D eigenvalue weighted by Crippen LogP contribution is 2.37. The van der Waals surface area contributed by atoms with E-state index in [9.17, 15) is 13.2 Å². The Bertz CT molecular complexity index is 584. The average Bonchev–Trinajstić information content (AvgIpc) is 2.28. The van der Waals surface area contributed by atoms with Crippen LogP contribution in [0.3, 0.4) is 0 Å². The molecule has 0 heterocycles. The largest absolute Gasteiger partial charge is 0.290 e. The number of hydrogen-bond acceptors (Lipinski definition) is 3. The van der Waals surface area contributed by atoms with Gasteiger partial charge in [-0.05, 0) is 34.1 Å². The van der Waals surface area contributed by atoms with E-state index < -0.39 is 18.7 Å². The van der Waals surface area contributed by atoms with Crippen molar-refractivity contribution in [3.8, 4) is 0 Å². The maximum atomic E-state index is 12.1. The summed E-state index contributed by atoms with van der Waals surface area (Å²) in [5, 5.41) is 0.382. The molecule has 1 aromatic carbocycles. The van der Waals surface area contributed by atoms with Crippen molar-refractivity contribution in [1.29, 1.82) is 0 Å². The summed E-state index contributed by atoms with van der Waals surface area (Å²) in [6.07, 6.45) is 0. The van der Waals surface area contributed by atoms with Gasteiger partial charge in [0.1, 0.15) is 0 Å². The predicted molar refractivity (Wildman–Crippen MR) is 77.8 cm³/mol. The van der Waals surface area contributed by atoms with E-state index >= 15 is 0 Å². The lowest BCUT2D eigenvalue weighted by Crippen LogP contribution is -2.36. The van der Waals surface area contributed by atoms with Crippen LogP contribution in [0.1, 0.15) is 17.3 Å². The molecule has 3 nitrogen and oxygen atoms in total. The molecule has 0 fully saturated rings. The molecular formula is C10H8BrCl3O3S. The van der Waals surface area contributed by atoms with Gasteiger partial charge in [0, 0.05) is 10.6 Å². The van der Waals surface area contributed by atoms with Crippen LogP contribution in [0.5, 0.6) is 0 Å². The minimum absolute atomic E-state index is 0.00929. The number of ketones is 1. The Morgan fingerprint density at radius 1 is 1.39 bits per heavy atom. The Balaban J connectivity index is 3.31. The zero-order valence-electron chi connectivity index (χ0n) is 9.08. The smallest absolute Gasteiger partial charge is 0.261 e. The van der Waals surface area contributed by atoms with E-state index in [0.717, 1.165) is 0 Å². The zero-order chi connectivity index (χ0) is 14.1. The fourth-order valence-corrected chi connectivity index (χ4v) is 3.73. The number of halogens is 4. The van der Waals surface area contributed by atoms with Crippen LogP contribution in [0.25, 0.3) is 0 Å². The van der Waals surface area contributed by atoms with Gasteiger partial charge in [0.2, 0.25) is 5.78 Å². The maximum Gasteiger partial charge on any atom is 0.261 e. The zero-order valence-corrected chi connectivity index (χ0v) is 13.8. The van der Waals surface area contributed by atoms with Gasteiger partial charge >= 0.3 is 0 Å². The summed E-state index contributed by atoms with van der Waals surface area (Å²) in [7, 11) is -3.83. The summed E-state index contributed by atoms with van der Waals surface area (Å²) in [6.45, 7) is 1.39. The lowest BCUT2D eigenvalue weighted by Gasteiger charge is -2.18. The number of rotatable bonds is 4. The maximum absolute atomic E-state index is 12.1. The van der Waals surface area contributed by atoms with Gasteiger partial charge < -0.3 is 0 Å². The third-order valence-corrected chi connectivity index (χ3v) is 7.20. The van der Waals surface area contributed by atoms with Crippen LogP contribution in [0, 0.1) is 0 Å². The first-order valence-electron chi connectivity index (χ1n) is 4.73. The normalized spacial score (nSPS) is 15.2. The molecule has 0 spiro atoms. The van der Waals surface area contributed by atoms with Crippen LogP contribution in [0.2, 0.25) is 10.0 Å². The second kappa shape index (κ2) is 5.67. The van der Waals surface area contributed by atoms with Crippen molar-refractivity contribution < 1.29 is 13.2 Å². The second-order valence-corrected chi connectivity index (χ2v) is 9.60. The predicted octanol–water partition coefficient (Wildman–Crippen LogP) is 3.90. The van der Waals surface area contributed by atoms with E-state index in [1.165, 1.54) is 25.1 Å². The lowest BCUT2D eigenvalue weighted by molar-refractivity contribution is 0.1000. The van der Waals surface area contributed by atoms with Gasteiger partial charge in [-0.15, -0.1) is 0 Å². The monoisotopic (exact) mass is 392 g/mol. The van der Waals surface area contributed by atoms with E-state index in [-0.39, 0.29) is 16.3 Å². The van der Waals surface area contributed by atoms with Crippen molar-refractivity contribution >= 4 is 66.4 Å². The number of benzene rings is 1. The number of sulfone groups is 1. The van der Waals surface area contributed by atoms with Crippen LogP contribution in [0.15, 0.2) is 18.2 Å². The van der Waals surface area contributed by atoms with E-state index in [2.05, 4.69) is 15.9 Å². The minimum Gasteiger partial charge on any atom is -0.290 e. The first-order valence-corrected chi connectivity index (χ1v) is 8.31. The van der Waals surface area contributed by atoms with Gasteiger partial charge in [-0.1, -0.05) is 41.7 Å². The Morgan fingerprint density at radius 3 is 2.39 bits per heavy atom. The number of hydrogen-bond donors (Lipinski definition) is 0. The van der Waals surface area contributed by atoms with Crippen LogP contribution >= 0.6 is 50.7 Å². The molecule has 1 rings (SSSR count). The molecule has 0 aromatic heterocycles. The van der Waals surface area contributed by atoms with Gasteiger partial charge in [0.25, 0.3) is 3.12 Å². The highest BCUT2D eigenvalue weighted by Gasteiger charge is 2.46. The van der Waals surface area contributed by atoms with E-state index in [0.29, 0.717) is 5.02 Å². The van der Waals surface area contributed by atoms with Crippen LogP contribution < -0.4 is 0 Å². The van der Waals surface area contributed by atoms with E-state index in [4.69, 9.17) is 34.8 Å². The number of carbonyl (C=O) groups excluding carboxylic acids is 1. The van der Waals surface area contributed by atoms with Gasteiger partial charge in [0.05, 0.1) is 10.8 Å². The summed E-state index contributed by atoms with van der Waals surface area (Å²) < 4.78 is 21.3. The Labute approximate surface area is 128 Å². The molecule has 0 saturated carbocycles. The van der Waals surface area contributed by atoms with Gasteiger partial charge in [-0.2, -0.15) is 0 Å². The standard InChI is InChI=1S/C10H8BrCl3O3S/c1-2-18(16,17)10(11,14)9(15)7-4-3-6(12)5-8(7)13/h3-5H,2H2,1H3. The molecule has 18 heavy (non-hydrogen) atoms. The molecule has 0 saturated heterocycles. The molecule has 0 aliphatic carbocycles. The fourth-order valence-electron chi connectivity index (χ4n) is 1.15. The van der Waals surface area contributed by atoms with Crippen LogP contribution in [-0.2, 0) is 9.84 Å². The first-order chi connectivity index (χ1) is 8.13. The summed E-state index contributed by atoms with van der Waals surface area (Å²) in [5.74, 6) is -1.12. The molecular weight excluding hydrogens is 386 g/mol. The summed E-state index contributed by atoms with van der Waals surface area (Å²) in [6, 6.07) is 4.10. The molecule has 100 valence electrons. The van der Waals surface area contributed by atoms with Crippen molar-refractivity contribution in [2.75, 3.05) is 5.75 Å². The van der Waals surface area contributed by atoms with Gasteiger partial charge in [-0.3, -0.25) is 4.79 Å². The Hall–Kier alpha value is 0.190. The molecule has 0 N–H and O–H groups in total. The second-order valence-electron chi connectivity index (χ2n) is 3.37. The van der Waals surface area contributed by atoms with Crippen molar-refractivity contribution in [2.24, 2.45) is 0 Å². The quantitative estimate of drug-likeness (QED) is 0.575. The van der Waals surface area contributed by atoms with Crippen molar-refractivity contribution in [2.45, 2.75) is 10.0 Å². The molecule has 0 amide bonds. The number of Topliss-reactive ketones (excluding diaryl/α,β-unsaturated/α-hetero) is 1. The number of carbonyl (C=O) groups is 1. The molecule has 0 aliphatic rings. The first kappa shape index (κ1) is 16.2. The fraction of sp³-hybridized carbons (Fsp3) is 0.300. The average molecular weight is 395 g/mol. The Kier molecular flexibility index (Phi) is 5.12. The molecule has 1 aromatic rings. The molecule has 0 radical (unpaired) electrons. The van der Waals surface area contributed by atoms with Crippen molar-refractivity contribution in [1.82, 2.24) is 0 Å². The molecule has 8 heteroatoms. The summed E-state index contributed by atoms with van der Waals surface area (Å²) in [4.78, 5) is 12.1. The highest BCUT2D eigenvalue weighted by atomic mass is 79.9. The Morgan fingerprint density at radius 2 is 1.94 bits per heavy atom. The van der Waals surface area contributed by atoms with Gasteiger partial charge in [-0.25, -0.2) is 8.42 Å². The minimum atomic E-state index is -3.83. The third kappa shape index (κ3) is 3.02. The third-order valence-electron chi connectivity index (χ3n) is 2.21. The van der Waals surface area contributed by atoms with Crippen LogP contribution in [-0.4, -0.2) is 23.1 Å². The van der Waals surface area contributed by atoms with Crippen LogP contribution in [0.4, 0.5) is 0 Å². The van der Waals surface area contributed by atoms with Crippen molar-refractivity contribution in [3.63, 3.8) is 0 Å². The number of alkyl halides is 2. The SMILES string of the molecule is CCS(=O)(=O)C(Cl)(Br)C(=O)c1ccc(Cl)cc1Cl. The molecule has 0 aliphatic heterocycles. The lowest BCUT2D eigenvalue weighted by atomic mass is 10.1. The summed E-state index contributed by atoms with van der Waals surface area (Å²) >= 11 is 20.1. The highest BCUT2D eigenvalue weighted by molar-refractivity contribution is 9.12. The van der Waals surface area contributed by atoms with E-state index in [1.54, 1.807) is 0 Å². The van der Waals surface area contributed by atoms with Crippen molar-refractivity contribution in [3.05, 3.63) is 33.8 Å². The molecule has 0 bridgehead atoms. The molecule has 1 atom stereocenters. The van der Waals surface area contributed by atoms with Gasteiger partial charge in [0.15, 0.2) is 9.84 Å². The molecule has 1 unspecified atom stereocenters. The topological polar surface area (TPSA) is 51.2 Å². The van der Waals surface area contributed by atoms with E-state index in [1.807, 2.05) is 0 Å².